The molecular weight excluding hydrogens is 376 g/mol. The van der Waals surface area contributed by atoms with Crippen LogP contribution in [0.25, 0.3) is 0 Å². The number of ether oxygens (including phenoxy) is 4. The third-order valence-corrected chi connectivity index (χ3v) is 8.57. The molecule has 2 saturated heterocycles. The summed E-state index contributed by atoms with van der Waals surface area (Å²) in [6, 6.07) is 0. The number of rotatable bonds is 3. The van der Waals surface area contributed by atoms with Gasteiger partial charge in [0.25, 0.3) is 6.47 Å². The Labute approximate surface area is 172 Å². The van der Waals surface area contributed by atoms with Gasteiger partial charge in [0, 0.05) is 30.6 Å². The zero-order valence-corrected chi connectivity index (χ0v) is 17.9. The second-order valence-electron chi connectivity index (χ2n) is 10.0. The fourth-order valence-corrected chi connectivity index (χ4v) is 7.35. The van der Waals surface area contributed by atoms with Crippen LogP contribution in [0.15, 0.2) is 0 Å². The predicted molar refractivity (Wildman–Crippen MR) is 103 cm³/mol. The Bertz CT molecular complexity index is 668. The Morgan fingerprint density at radius 2 is 1.97 bits per heavy atom. The number of aliphatic hydroxyl groups excluding tert-OH is 1. The van der Waals surface area contributed by atoms with E-state index in [9.17, 15) is 14.7 Å². The monoisotopic (exact) mass is 410 g/mol. The summed E-state index contributed by atoms with van der Waals surface area (Å²) in [6.07, 6.45) is 3.41. The maximum absolute atomic E-state index is 11.6. The summed E-state index contributed by atoms with van der Waals surface area (Å²) in [7, 11) is 0. The first-order valence-corrected chi connectivity index (χ1v) is 10.9. The summed E-state index contributed by atoms with van der Waals surface area (Å²) in [6.45, 7) is 8.98. The van der Waals surface area contributed by atoms with E-state index >= 15 is 0 Å². The van der Waals surface area contributed by atoms with Crippen LogP contribution in [0.4, 0.5) is 0 Å². The molecule has 4 fully saturated rings. The van der Waals surface area contributed by atoms with Crippen molar-refractivity contribution in [1.82, 2.24) is 0 Å². The molecule has 0 amide bonds. The minimum absolute atomic E-state index is 0.0318. The van der Waals surface area contributed by atoms with E-state index in [1.807, 2.05) is 0 Å². The number of fused-ring (bicyclic) bond motifs is 2. The van der Waals surface area contributed by atoms with Crippen molar-refractivity contribution in [3.8, 4) is 0 Å². The maximum Gasteiger partial charge on any atom is 0.302 e. The van der Waals surface area contributed by atoms with Gasteiger partial charge in [-0.05, 0) is 38.0 Å². The van der Waals surface area contributed by atoms with Crippen molar-refractivity contribution in [3.63, 3.8) is 0 Å². The average Bonchev–Trinajstić information content (AvgIpc) is 3.20. The number of carbonyl (C=O) groups excluding carboxylic acids is 2. The first-order valence-electron chi connectivity index (χ1n) is 10.9. The molecule has 4 rings (SSSR count). The summed E-state index contributed by atoms with van der Waals surface area (Å²) in [5, 5.41) is 9.97. The molecule has 2 heterocycles. The molecule has 0 aromatic carbocycles. The van der Waals surface area contributed by atoms with E-state index in [0.29, 0.717) is 19.5 Å². The Balaban J connectivity index is 1.70. The molecule has 2 spiro atoms. The van der Waals surface area contributed by atoms with Crippen LogP contribution in [0.3, 0.4) is 0 Å². The highest BCUT2D eigenvalue weighted by Crippen LogP contribution is 2.66. The Morgan fingerprint density at radius 1 is 1.21 bits per heavy atom. The van der Waals surface area contributed by atoms with Gasteiger partial charge in [-0.15, -0.1) is 0 Å². The number of aliphatic hydroxyl groups is 1. The van der Waals surface area contributed by atoms with Gasteiger partial charge in [0.1, 0.15) is 12.2 Å². The Morgan fingerprint density at radius 3 is 2.59 bits per heavy atom. The first kappa shape index (κ1) is 21.1. The first-order chi connectivity index (χ1) is 13.7. The summed E-state index contributed by atoms with van der Waals surface area (Å²) in [5.74, 6) is 0.00981. The van der Waals surface area contributed by atoms with E-state index in [-0.39, 0.29) is 46.9 Å². The second-order valence-corrected chi connectivity index (χ2v) is 10.0. The lowest BCUT2D eigenvalue weighted by molar-refractivity contribution is -0.269. The van der Waals surface area contributed by atoms with Crippen molar-refractivity contribution in [2.24, 2.45) is 23.2 Å². The van der Waals surface area contributed by atoms with Crippen LogP contribution in [0.2, 0.25) is 0 Å². The molecule has 0 radical (unpaired) electrons. The quantitative estimate of drug-likeness (QED) is 0.565. The van der Waals surface area contributed by atoms with E-state index in [2.05, 4.69) is 20.8 Å². The van der Waals surface area contributed by atoms with Crippen molar-refractivity contribution in [3.05, 3.63) is 0 Å². The third-order valence-electron chi connectivity index (χ3n) is 8.57. The molecule has 7 heteroatoms. The summed E-state index contributed by atoms with van der Waals surface area (Å²) >= 11 is 0. The van der Waals surface area contributed by atoms with E-state index in [1.54, 1.807) is 0 Å². The Kier molecular flexibility index (Phi) is 5.23. The van der Waals surface area contributed by atoms with E-state index in [1.165, 1.54) is 6.92 Å². The summed E-state index contributed by atoms with van der Waals surface area (Å²) < 4.78 is 23.7. The van der Waals surface area contributed by atoms with E-state index in [4.69, 9.17) is 18.9 Å². The SMILES string of the molecule is CC(=O)O[C@@H]1CC[C@@]2(C)[C@@H]([C@@H]1C)[C@H](OC=O)C[C@@H](C)[C@]21CC[C@@]2(CO[C@@H](O)C2)O1. The highest BCUT2D eigenvalue weighted by Gasteiger charge is 2.69. The highest BCUT2D eigenvalue weighted by atomic mass is 16.6. The molecule has 29 heavy (non-hydrogen) atoms. The van der Waals surface area contributed by atoms with Crippen molar-refractivity contribution in [1.29, 1.82) is 0 Å². The van der Waals surface area contributed by atoms with Crippen LogP contribution in [-0.4, -0.2) is 53.9 Å². The largest absolute Gasteiger partial charge is 0.464 e. The molecule has 0 aromatic heterocycles. The van der Waals surface area contributed by atoms with Gasteiger partial charge in [-0.25, -0.2) is 0 Å². The van der Waals surface area contributed by atoms with Crippen molar-refractivity contribution in [2.75, 3.05) is 6.61 Å². The molecular formula is C22H34O7. The standard InChI is InChI=1S/C22H34O7/c1-13-9-17(27-12-23)19-14(2)16(28-15(3)24)5-6-20(19,4)22(13)8-7-21(29-22)10-18(25)26-11-21/h12-14,16-19,25H,5-11H2,1-4H3/t13-,14-,16-,17-,18-,19+,20+,21-,22-/m1/s1. The smallest absolute Gasteiger partial charge is 0.302 e. The van der Waals surface area contributed by atoms with Crippen LogP contribution in [-0.2, 0) is 28.5 Å². The number of carbonyl (C=O) groups is 2. The zero-order valence-electron chi connectivity index (χ0n) is 17.9. The van der Waals surface area contributed by atoms with Gasteiger partial charge in [-0.3, -0.25) is 9.59 Å². The van der Waals surface area contributed by atoms with Gasteiger partial charge in [-0.1, -0.05) is 20.8 Å². The fraction of sp³-hybridized carbons (Fsp3) is 0.909. The van der Waals surface area contributed by atoms with Crippen molar-refractivity contribution >= 4 is 12.4 Å². The molecule has 9 atom stereocenters. The van der Waals surface area contributed by atoms with Gasteiger partial charge >= 0.3 is 5.97 Å². The van der Waals surface area contributed by atoms with Gasteiger partial charge in [0.05, 0.1) is 17.8 Å². The zero-order chi connectivity index (χ0) is 21.0. The minimum Gasteiger partial charge on any atom is -0.464 e. The highest BCUT2D eigenvalue weighted by molar-refractivity contribution is 5.66. The van der Waals surface area contributed by atoms with E-state index < -0.39 is 11.9 Å². The molecule has 2 aliphatic carbocycles. The predicted octanol–water partition coefficient (Wildman–Crippen LogP) is 2.58. The molecule has 0 bridgehead atoms. The molecule has 2 aliphatic heterocycles. The van der Waals surface area contributed by atoms with Crippen LogP contribution in [0.5, 0.6) is 0 Å². The Hall–Kier alpha value is -1.18. The van der Waals surface area contributed by atoms with Crippen LogP contribution in [0, 0.1) is 23.2 Å². The van der Waals surface area contributed by atoms with Crippen molar-refractivity contribution < 1.29 is 33.6 Å². The third kappa shape index (κ3) is 3.12. The average molecular weight is 411 g/mol. The molecule has 0 aromatic rings. The lowest BCUT2D eigenvalue weighted by Crippen LogP contribution is -2.67. The lowest BCUT2D eigenvalue weighted by Gasteiger charge is -2.63. The molecule has 4 aliphatic rings. The van der Waals surface area contributed by atoms with Crippen molar-refractivity contribution in [2.45, 2.75) is 95.9 Å². The van der Waals surface area contributed by atoms with Crippen LogP contribution in [0.1, 0.15) is 66.2 Å². The summed E-state index contributed by atoms with van der Waals surface area (Å²) in [4.78, 5) is 22.9. The van der Waals surface area contributed by atoms with Gasteiger partial charge in [0.15, 0.2) is 6.29 Å². The van der Waals surface area contributed by atoms with Crippen LogP contribution < -0.4 is 0 Å². The van der Waals surface area contributed by atoms with Gasteiger partial charge in [0.2, 0.25) is 0 Å². The minimum atomic E-state index is -0.766. The number of hydrogen-bond donors (Lipinski definition) is 1. The number of esters is 1. The van der Waals surface area contributed by atoms with Gasteiger partial charge < -0.3 is 24.1 Å². The molecule has 2 saturated carbocycles. The number of hydrogen-bond acceptors (Lipinski definition) is 7. The maximum atomic E-state index is 11.6. The second kappa shape index (κ2) is 7.20. The van der Waals surface area contributed by atoms with Crippen LogP contribution >= 0.6 is 0 Å². The van der Waals surface area contributed by atoms with E-state index in [0.717, 1.165) is 32.1 Å². The molecule has 1 N–H and O–H groups in total. The molecule has 164 valence electrons. The normalized spacial score (nSPS) is 51.8. The molecule has 7 nitrogen and oxygen atoms in total. The topological polar surface area (TPSA) is 91.3 Å². The molecule has 0 unspecified atom stereocenters. The fourth-order valence-electron chi connectivity index (χ4n) is 7.35. The summed E-state index contributed by atoms with van der Waals surface area (Å²) in [5.41, 5.74) is -1.04. The van der Waals surface area contributed by atoms with Gasteiger partial charge in [-0.2, -0.15) is 0 Å². The lowest BCUT2D eigenvalue weighted by atomic mass is 9.46.